The van der Waals surface area contributed by atoms with Gasteiger partial charge in [-0.1, -0.05) is 47.5 Å². The van der Waals surface area contributed by atoms with Crippen LogP contribution in [0.1, 0.15) is 51.4 Å². The van der Waals surface area contributed by atoms with Crippen molar-refractivity contribution in [1.82, 2.24) is 14.9 Å². The lowest BCUT2D eigenvalue weighted by atomic mass is 9.99. The van der Waals surface area contributed by atoms with Crippen LogP contribution in [-0.2, 0) is 6.54 Å². The Morgan fingerprint density at radius 2 is 1.74 bits per heavy atom. The Morgan fingerprint density at radius 1 is 1.03 bits per heavy atom. The Labute approximate surface area is 187 Å². The van der Waals surface area contributed by atoms with Crippen LogP contribution in [-0.4, -0.2) is 15.5 Å². The maximum atomic E-state index is 12.8. The van der Waals surface area contributed by atoms with Crippen LogP contribution in [0.4, 0.5) is 0 Å². The summed E-state index contributed by atoms with van der Waals surface area (Å²) in [6, 6.07) is 19.2. The Bertz CT molecular complexity index is 1250. The zero-order chi connectivity index (χ0) is 22.1. The Kier molecular flexibility index (Phi) is 5.84. The van der Waals surface area contributed by atoms with Crippen molar-refractivity contribution in [3.05, 3.63) is 99.3 Å². The van der Waals surface area contributed by atoms with E-state index in [9.17, 15) is 4.79 Å². The van der Waals surface area contributed by atoms with Crippen LogP contribution >= 0.6 is 11.6 Å². The number of amides is 1. The number of hydrogen-bond acceptors (Lipinski definition) is 2. The highest BCUT2D eigenvalue weighted by molar-refractivity contribution is 6.30. The highest BCUT2D eigenvalue weighted by atomic mass is 35.5. The van der Waals surface area contributed by atoms with Gasteiger partial charge in [0.15, 0.2) is 0 Å². The molecular formula is C26H26ClN3O. The van der Waals surface area contributed by atoms with Gasteiger partial charge in [-0.15, -0.1) is 0 Å². The molecule has 0 aliphatic heterocycles. The summed E-state index contributed by atoms with van der Waals surface area (Å²) in [5.74, 6) is 0.659. The number of carbonyl (C=O) groups excluding carboxylic acids is 1. The highest BCUT2D eigenvalue weighted by Gasteiger charge is 2.20. The number of nitrogens with zero attached hydrogens (tertiary/aromatic N) is 2. The molecule has 1 atom stereocenters. The van der Waals surface area contributed by atoms with Gasteiger partial charge in [-0.05, 0) is 74.7 Å². The molecular weight excluding hydrogens is 406 g/mol. The molecule has 0 fully saturated rings. The van der Waals surface area contributed by atoms with Gasteiger partial charge < -0.3 is 9.88 Å². The predicted molar refractivity (Wildman–Crippen MR) is 127 cm³/mol. The summed E-state index contributed by atoms with van der Waals surface area (Å²) in [5, 5.41) is 3.62. The summed E-state index contributed by atoms with van der Waals surface area (Å²) in [4.78, 5) is 17.7. The molecule has 0 bridgehead atoms. The first-order valence-electron chi connectivity index (χ1n) is 10.4. The summed E-state index contributed by atoms with van der Waals surface area (Å²) < 4.78 is 2.21. The fraction of sp³-hybridized carbons (Fsp3) is 0.231. The van der Waals surface area contributed by atoms with Crippen LogP contribution in [0.2, 0.25) is 5.02 Å². The van der Waals surface area contributed by atoms with Gasteiger partial charge in [-0.3, -0.25) is 4.79 Å². The first-order valence-corrected chi connectivity index (χ1v) is 10.8. The molecule has 31 heavy (non-hydrogen) atoms. The molecule has 4 nitrogen and oxygen atoms in total. The van der Waals surface area contributed by atoms with Crippen LogP contribution in [0.25, 0.3) is 11.0 Å². The van der Waals surface area contributed by atoms with E-state index < -0.39 is 0 Å². The van der Waals surface area contributed by atoms with Crippen molar-refractivity contribution >= 4 is 28.5 Å². The van der Waals surface area contributed by atoms with E-state index in [2.05, 4.69) is 48.9 Å². The first-order chi connectivity index (χ1) is 14.8. The highest BCUT2D eigenvalue weighted by Crippen LogP contribution is 2.25. The van der Waals surface area contributed by atoms with Crippen molar-refractivity contribution in [2.75, 3.05) is 0 Å². The van der Waals surface area contributed by atoms with Gasteiger partial charge in [-0.25, -0.2) is 4.98 Å². The minimum absolute atomic E-state index is 0.170. The van der Waals surface area contributed by atoms with Gasteiger partial charge in [0.25, 0.3) is 5.91 Å². The molecule has 0 spiro atoms. The Morgan fingerprint density at radius 3 is 2.45 bits per heavy atom. The van der Waals surface area contributed by atoms with Crippen LogP contribution in [0.3, 0.4) is 0 Å². The molecule has 1 amide bonds. The van der Waals surface area contributed by atoms with E-state index in [0.717, 1.165) is 16.9 Å². The number of aromatic nitrogens is 2. The molecule has 3 aromatic carbocycles. The van der Waals surface area contributed by atoms with Crippen LogP contribution in [0.5, 0.6) is 0 Å². The Hall–Kier alpha value is -3.11. The monoisotopic (exact) mass is 431 g/mol. The van der Waals surface area contributed by atoms with Crippen molar-refractivity contribution in [3.8, 4) is 0 Å². The smallest absolute Gasteiger partial charge is 0.251 e. The molecule has 0 saturated heterocycles. The average Bonchev–Trinajstić information content (AvgIpc) is 3.09. The van der Waals surface area contributed by atoms with E-state index in [-0.39, 0.29) is 11.9 Å². The zero-order valence-corrected chi connectivity index (χ0v) is 19.0. The molecule has 5 heteroatoms. The SMILES string of the molecule is Cc1cc(C)c(Cn2c(C(C)NC(=O)c3cccc(Cl)c3)nc3ccccc32)c(C)c1. The third-order valence-corrected chi connectivity index (χ3v) is 5.90. The van der Waals surface area contributed by atoms with E-state index in [1.165, 1.54) is 22.3 Å². The van der Waals surface area contributed by atoms with E-state index in [0.29, 0.717) is 17.1 Å². The van der Waals surface area contributed by atoms with Crippen molar-refractivity contribution in [2.24, 2.45) is 0 Å². The number of imidazole rings is 1. The van der Waals surface area contributed by atoms with Crippen LogP contribution in [0.15, 0.2) is 60.7 Å². The third-order valence-electron chi connectivity index (χ3n) is 5.66. The number of para-hydroxylation sites is 2. The lowest BCUT2D eigenvalue weighted by Gasteiger charge is -2.19. The summed E-state index contributed by atoms with van der Waals surface area (Å²) in [7, 11) is 0. The summed E-state index contributed by atoms with van der Waals surface area (Å²) in [5.41, 5.74) is 7.57. The quantitative estimate of drug-likeness (QED) is 0.411. The molecule has 0 radical (unpaired) electrons. The molecule has 4 aromatic rings. The molecule has 0 aliphatic rings. The molecule has 4 rings (SSSR count). The lowest BCUT2D eigenvalue weighted by Crippen LogP contribution is -2.29. The number of fused-ring (bicyclic) bond motifs is 1. The van der Waals surface area contributed by atoms with Gasteiger partial charge >= 0.3 is 0 Å². The largest absolute Gasteiger partial charge is 0.342 e. The molecule has 1 unspecified atom stereocenters. The summed E-state index contributed by atoms with van der Waals surface area (Å²) >= 11 is 6.06. The van der Waals surface area contributed by atoms with E-state index in [1.54, 1.807) is 24.3 Å². The molecule has 158 valence electrons. The van der Waals surface area contributed by atoms with Gasteiger partial charge in [0, 0.05) is 17.1 Å². The maximum absolute atomic E-state index is 12.8. The second kappa shape index (κ2) is 8.56. The predicted octanol–water partition coefficient (Wildman–Crippen LogP) is 6.15. The third kappa shape index (κ3) is 4.35. The van der Waals surface area contributed by atoms with Gasteiger partial charge in [-0.2, -0.15) is 0 Å². The van der Waals surface area contributed by atoms with Crippen molar-refractivity contribution < 1.29 is 4.79 Å². The maximum Gasteiger partial charge on any atom is 0.251 e. The normalized spacial score (nSPS) is 12.2. The fourth-order valence-corrected chi connectivity index (χ4v) is 4.37. The number of benzene rings is 3. The number of nitrogens with one attached hydrogen (secondary N) is 1. The number of rotatable bonds is 5. The molecule has 1 aromatic heterocycles. The van der Waals surface area contributed by atoms with E-state index >= 15 is 0 Å². The fourth-order valence-electron chi connectivity index (χ4n) is 4.18. The molecule has 1 heterocycles. The van der Waals surface area contributed by atoms with E-state index in [4.69, 9.17) is 16.6 Å². The van der Waals surface area contributed by atoms with Crippen LogP contribution in [0, 0.1) is 20.8 Å². The number of halogens is 1. The topological polar surface area (TPSA) is 46.9 Å². The minimum Gasteiger partial charge on any atom is -0.342 e. The minimum atomic E-state index is -0.273. The molecule has 1 N–H and O–H groups in total. The number of aryl methyl sites for hydroxylation is 3. The van der Waals surface area contributed by atoms with E-state index in [1.807, 2.05) is 25.1 Å². The average molecular weight is 432 g/mol. The number of hydrogen-bond donors (Lipinski definition) is 1. The molecule has 0 aliphatic carbocycles. The first kappa shape index (κ1) is 21.1. The van der Waals surface area contributed by atoms with Gasteiger partial charge in [0.05, 0.1) is 17.1 Å². The standard InChI is InChI=1S/C26H26ClN3O/c1-16-12-17(2)22(18(3)13-16)15-30-24-11-6-5-10-23(24)29-25(30)19(4)28-26(31)20-8-7-9-21(27)14-20/h5-14,19H,15H2,1-4H3,(H,28,31). The second-order valence-corrected chi connectivity index (χ2v) is 8.56. The van der Waals surface area contributed by atoms with Crippen molar-refractivity contribution in [3.63, 3.8) is 0 Å². The zero-order valence-electron chi connectivity index (χ0n) is 18.2. The van der Waals surface area contributed by atoms with Gasteiger partial charge in [0.2, 0.25) is 0 Å². The number of carbonyl (C=O) groups is 1. The Balaban J connectivity index is 1.72. The summed E-state index contributed by atoms with van der Waals surface area (Å²) in [6.07, 6.45) is 0. The lowest BCUT2D eigenvalue weighted by molar-refractivity contribution is 0.0937. The molecule has 0 saturated carbocycles. The second-order valence-electron chi connectivity index (χ2n) is 8.13. The van der Waals surface area contributed by atoms with Crippen LogP contribution < -0.4 is 5.32 Å². The summed E-state index contributed by atoms with van der Waals surface area (Å²) in [6.45, 7) is 9.09. The van der Waals surface area contributed by atoms with Crippen molar-refractivity contribution in [1.29, 1.82) is 0 Å². The van der Waals surface area contributed by atoms with Gasteiger partial charge in [0.1, 0.15) is 5.82 Å². The van der Waals surface area contributed by atoms with Crippen molar-refractivity contribution in [2.45, 2.75) is 40.3 Å².